The summed E-state index contributed by atoms with van der Waals surface area (Å²) in [7, 11) is 0. The van der Waals surface area contributed by atoms with E-state index < -0.39 is 0 Å². The predicted octanol–water partition coefficient (Wildman–Crippen LogP) is 2.87. The SMILES string of the molecule is CCNC(=NCC(C1CC1)C1CC1)NCC1CCCS1. The van der Waals surface area contributed by atoms with Gasteiger partial charge in [0.25, 0.3) is 0 Å². The van der Waals surface area contributed by atoms with Crippen LogP contribution < -0.4 is 10.6 Å². The molecule has 0 bridgehead atoms. The monoisotopic (exact) mass is 295 g/mol. The molecule has 0 aromatic rings. The van der Waals surface area contributed by atoms with Crippen LogP contribution in [0.3, 0.4) is 0 Å². The van der Waals surface area contributed by atoms with Crippen molar-refractivity contribution in [3.05, 3.63) is 0 Å². The molecule has 1 heterocycles. The Kier molecular flexibility index (Phi) is 5.14. The van der Waals surface area contributed by atoms with Crippen molar-refractivity contribution in [2.75, 3.05) is 25.4 Å². The first kappa shape index (κ1) is 14.6. The third-order valence-corrected chi connectivity index (χ3v) is 6.18. The van der Waals surface area contributed by atoms with Crippen molar-refractivity contribution >= 4 is 17.7 Å². The van der Waals surface area contributed by atoms with Crippen LogP contribution in [0.4, 0.5) is 0 Å². The summed E-state index contributed by atoms with van der Waals surface area (Å²) in [6, 6.07) is 0. The molecule has 2 aliphatic carbocycles. The van der Waals surface area contributed by atoms with E-state index in [2.05, 4.69) is 29.3 Å². The van der Waals surface area contributed by atoms with Crippen molar-refractivity contribution in [2.45, 2.75) is 50.7 Å². The molecule has 0 aromatic heterocycles. The van der Waals surface area contributed by atoms with Crippen molar-refractivity contribution < 1.29 is 0 Å². The molecule has 0 amide bonds. The maximum Gasteiger partial charge on any atom is 0.191 e. The molecule has 1 unspecified atom stereocenters. The highest BCUT2D eigenvalue weighted by atomic mass is 32.2. The first-order valence-electron chi connectivity index (χ1n) is 8.50. The molecule has 3 rings (SSSR count). The molecule has 114 valence electrons. The Morgan fingerprint density at radius 3 is 2.45 bits per heavy atom. The summed E-state index contributed by atoms with van der Waals surface area (Å²) in [6.07, 6.45) is 8.58. The zero-order valence-electron chi connectivity index (χ0n) is 12.7. The second-order valence-corrected chi connectivity index (χ2v) is 7.98. The number of thioether (sulfide) groups is 1. The van der Waals surface area contributed by atoms with Gasteiger partial charge in [-0.3, -0.25) is 4.99 Å². The van der Waals surface area contributed by atoms with Crippen LogP contribution in [0.2, 0.25) is 0 Å². The van der Waals surface area contributed by atoms with E-state index in [0.29, 0.717) is 0 Å². The highest BCUT2D eigenvalue weighted by molar-refractivity contribution is 8.00. The molecule has 2 saturated carbocycles. The Labute approximate surface area is 127 Å². The smallest absolute Gasteiger partial charge is 0.191 e. The van der Waals surface area contributed by atoms with Gasteiger partial charge in [0.15, 0.2) is 5.96 Å². The second kappa shape index (κ2) is 7.06. The maximum atomic E-state index is 4.88. The zero-order valence-corrected chi connectivity index (χ0v) is 13.6. The number of hydrogen-bond acceptors (Lipinski definition) is 2. The summed E-state index contributed by atoms with van der Waals surface area (Å²) in [4.78, 5) is 4.88. The Morgan fingerprint density at radius 1 is 1.15 bits per heavy atom. The number of hydrogen-bond donors (Lipinski definition) is 2. The van der Waals surface area contributed by atoms with Gasteiger partial charge >= 0.3 is 0 Å². The van der Waals surface area contributed by atoms with Gasteiger partial charge < -0.3 is 10.6 Å². The van der Waals surface area contributed by atoms with E-state index in [1.807, 2.05) is 0 Å². The highest BCUT2D eigenvalue weighted by Gasteiger charge is 2.41. The summed E-state index contributed by atoms with van der Waals surface area (Å²) in [6.45, 7) is 5.23. The van der Waals surface area contributed by atoms with Crippen LogP contribution in [0.5, 0.6) is 0 Å². The lowest BCUT2D eigenvalue weighted by molar-refractivity contribution is 0.417. The van der Waals surface area contributed by atoms with Gasteiger partial charge in [-0.15, -0.1) is 0 Å². The van der Waals surface area contributed by atoms with Crippen molar-refractivity contribution in [1.82, 2.24) is 10.6 Å². The minimum Gasteiger partial charge on any atom is -0.357 e. The van der Waals surface area contributed by atoms with E-state index in [1.54, 1.807) is 0 Å². The van der Waals surface area contributed by atoms with Gasteiger partial charge in [0, 0.05) is 24.9 Å². The fourth-order valence-corrected chi connectivity index (χ4v) is 4.49. The lowest BCUT2D eigenvalue weighted by atomic mass is 9.98. The lowest BCUT2D eigenvalue weighted by Gasteiger charge is -2.17. The summed E-state index contributed by atoms with van der Waals surface area (Å²) in [5, 5.41) is 7.76. The van der Waals surface area contributed by atoms with Gasteiger partial charge in [0.1, 0.15) is 0 Å². The Hall–Kier alpha value is -0.380. The van der Waals surface area contributed by atoms with Gasteiger partial charge in [0.05, 0.1) is 0 Å². The van der Waals surface area contributed by atoms with Gasteiger partial charge in [0.2, 0.25) is 0 Å². The van der Waals surface area contributed by atoms with Gasteiger partial charge in [-0.1, -0.05) is 0 Å². The van der Waals surface area contributed by atoms with Crippen LogP contribution in [0, 0.1) is 17.8 Å². The molecule has 1 saturated heterocycles. The van der Waals surface area contributed by atoms with Gasteiger partial charge in [-0.25, -0.2) is 0 Å². The molecule has 0 aromatic carbocycles. The van der Waals surface area contributed by atoms with Gasteiger partial charge in [-0.05, 0) is 69.0 Å². The Balaban J connectivity index is 1.47. The average Bonchev–Trinajstić information content (AvgIpc) is 3.38. The first-order chi connectivity index (χ1) is 9.86. The zero-order chi connectivity index (χ0) is 13.8. The summed E-state index contributed by atoms with van der Waals surface area (Å²) in [5.41, 5.74) is 0. The van der Waals surface area contributed by atoms with Crippen molar-refractivity contribution in [2.24, 2.45) is 22.7 Å². The summed E-state index contributed by atoms with van der Waals surface area (Å²) in [5.74, 6) is 5.27. The standard InChI is InChI=1S/C16H29N3S/c1-2-17-16(18-10-14-4-3-9-20-14)19-11-15(12-5-6-12)13-7-8-13/h12-15H,2-11H2,1H3,(H2,17,18,19). The van der Waals surface area contributed by atoms with Crippen LogP contribution in [-0.2, 0) is 0 Å². The molecule has 4 heteroatoms. The average molecular weight is 295 g/mol. The highest BCUT2D eigenvalue weighted by Crippen LogP contribution is 2.49. The third-order valence-electron chi connectivity index (χ3n) is 4.78. The minimum atomic E-state index is 0.793. The van der Waals surface area contributed by atoms with Crippen LogP contribution in [0.15, 0.2) is 4.99 Å². The molecule has 3 nitrogen and oxygen atoms in total. The number of nitrogens with one attached hydrogen (secondary N) is 2. The van der Waals surface area contributed by atoms with E-state index in [-0.39, 0.29) is 0 Å². The molecule has 0 radical (unpaired) electrons. The largest absolute Gasteiger partial charge is 0.357 e. The first-order valence-corrected chi connectivity index (χ1v) is 9.55. The lowest BCUT2D eigenvalue weighted by Crippen LogP contribution is -2.40. The summed E-state index contributed by atoms with van der Waals surface area (Å²) < 4.78 is 0. The maximum absolute atomic E-state index is 4.88. The number of aliphatic imine (C=N–C) groups is 1. The van der Waals surface area contributed by atoms with Crippen molar-refractivity contribution in [1.29, 1.82) is 0 Å². The molecule has 1 aliphatic heterocycles. The van der Waals surface area contributed by atoms with E-state index in [0.717, 1.165) is 48.6 Å². The Morgan fingerprint density at radius 2 is 1.90 bits per heavy atom. The molecule has 20 heavy (non-hydrogen) atoms. The second-order valence-electron chi connectivity index (χ2n) is 6.57. The minimum absolute atomic E-state index is 0.793. The number of nitrogens with zero attached hydrogens (tertiary/aromatic N) is 1. The van der Waals surface area contributed by atoms with E-state index in [9.17, 15) is 0 Å². The molecular weight excluding hydrogens is 266 g/mol. The van der Waals surface area contributed by atoms with Crippen molar-refractivity contribution in [3.8, 4) is 0 Å². The topological polar surface area (TPSA) is 36.4 Å². The van der Waals surface area contributed by atoms with Crippen LogP contribution in [-0.4, -0.2) is 36.6 Å². The van der Waals surface area contributed by atoms with Crippen LogP contribution in [0.25, 0.3) is 0 Å². The molecule has 3 aliphatic rings. The van der Waals surface area contributed by atoms with Crippen LogP contribution >= 0.6 is 11.8 Å². The normalized spacial score (nSPS) is 27.1. The van der Waals surface area contributed by atoms with E-state index in [1.165, 1.54) is 44.3 Å². The third kappa shape index (κ3) is 4.31. The predicted molar refractivity (Wildman–Crippen MR) is 88.4 cm³/mol. The fraction of sp³-hybridized carbons (Fsp3) is 0.938. The van der Waals surface area contributed by atoms with Crippen LogP contribution in [0.1, 0.15) is 45.4 Å². The molecule has 3 fully saturated rings. The molecule has 2 N–H and O–H groups in total. The quantitative estimate of drug-likeness (QED) is 0.560. The molecule has 0 spiro atoms. The number of rotatable bonds is 7. The molecule has 1 atom stereocenters. The van der Waals surface area contributed by atoms with Crippen molar-refractivity contribution in [3.63, 3.8) is 0 Å². The van der Waals surface area contributed by atoms with Gasteiger partial charge in [-0.2, -0.15) is 11.8 Å². The number of guanidine groups is 1. The molecular formula is C16H29N3S. The fourth-order valence-electron chi connectivity index (χ4n) is 3.29. The van der Waals surface area contributed by atoms with E-state index in [4.69, 9.17) is 4.99 Å². The summed E-state index contributed by atoms with van der Waals surface area (Å²) >= 11 is 2.11. The van der Waals surface area contributed by atoms with E-state index >= 15 is 0 Å². The Bertz CT molecular complexity index is 319.